The molecule has 1 saturated heterocycles. The lowest BCUT2D eigenvalue weighted by molar-refractivity contribution is -0.120. The highest BCUT2D eigenvalue weighted by molar-refractivity contribution is 5.98. The van der Waals surface area contributed by atoms with Gasteiger partial charge >= 0.3 is 6.03 Å². The third-order valence-corrected chi connectivity index (χ3v) is 4.82. The molecule has 1 aromatic carbocycles. The third kappa shape index (κ3) is 5.97. The van der Waals surface area contributed by atoms with Crippen LogP contribution in [0.5, 0.6) is 0 Å². The molecule has 0 aliphatic carbocycles. The van der Waals surface area contributed by atoms with E-state index in [0.29, 0.717) is 25.6 Å². The molecule has 3 amide bonds. The first kappa shape index (κ1) is 22.1. The average molecular weight is 427 g/mol. The number of nitrogens with one attached hydrogen (secondary N) is 3. The van der Waals surface area contributed by atoms with Crippen molar-refractivity contribution >= 4 is 29.3 Å². The molecule has 10 nitrogen and oxygen atoms in total. The number of guanidine groups is 1. The predicted octanol–water partition coefficient (Wildman–Crippen LogP) is 1.37. The Bertz CT molecular complexity index is 935. The Labute approximate surface area is 182 Å². The van der Waals surface area contributed by atoms with E-state index in [9.17, 15) is 9.59 Å². The molecule has 0 saturated carbocycles. The maximum Gasteiger partial charge on any atom is 0.319 e. The summed E-state index contributed by atoms with van der Waals surface area (Å²) in [6.07, 6.45) is 3.54. The van der Waals surface area contributed by atoms with Gasteiger partial charge in [-0.3, -0.25) is 14.5 Å². The van der Waals surface area contributed by atoms with Crippen molar-refractivity contribution in [3.63, 3.8) is 0 Å². The van der Waals surface area contributed by atoms with Crippen molar-refractivity contribution in [3.8, 4) is 0 Å². The molecule has 3 N–H and O–H groups in total. The molecule has 0 unspecified atom stereocenters. The third-order valence-electron chi connectivity index (χ3n) is 4.82. The molecule has 31 heavy (non-hydrogen) atoms. The molecule has 10 heteroatoms. The number of hydrogen-bond donors (Lipinski definition) is 3. The van der Waals surface area contributed by atoms with Crippen LogP contribution in [-0.2, 0) is 18.4 Å². The molecule has 0 atom stereocenters. The van der Waals surface area contributed by atoms with E-state index in [1.54, 1.807) is 22.8 Å². The Morgan fingerprint density at radius 2 is 1.97 bits per heavy atom. The number of amides is 3. The zero-order valence-electron chi connectivity index (χ0n) is 18.4. The molecule has 0 bridgehead atoms. The van der Waals surface area contributed by atoms with Crippen molar-refractivity contribution in [2.45, 2.75) is 26.4 Å². The molecule has 1 aliphatic heterocycles. The van der Waals surface area contributed by atoms with Gasteiger partial charge in [0.15, 0.2) is 5.96 Å². The van der Waals surface area contributed by atoms with E-state index in [1.807, 2.05) is 56.3 Å². The Morgan fingerprint density at radius 1 is 1.23 bits per heavy atom. The van der Waals surface area contributed by atoms with E-state index in [2.05, 4.69) is 26.0 Å². The second-order valence-corrected chi connectivity index (χ2v) is 7.69. The molecular formula is C21H30N8O2. The van der Waals surface area contributed by atoms with Gasteiger partial charge < -0.3 is 25.8 Å². The molecular weight excluding hydrogens is 396 g/mol. The number of nitrogens with zero attached hydrogens (tertiary/aromatic N) is 5. The minimum Gasteiger partial charge on any atom is -0.352 e. The van der Waals surface area contributed by atoms with Gasteiger partial charge in [-0.15, -0.1) is 0 Å². The van der Waals surface area contributed by atoms with Gasteiger partial charge in [-0.05, 0) is 31.5 Å². The highest BCUT2D eigenvalue weighted by Crippen LogP contribution is 2.16. The minimum absolute atomic E-state index is 0.0114. The lowest BCUT2D eigenvalue weighted by atomic mass is 10.2. The summed E-state index contributed by atoms with van der Waals surface area (Å²) in [5, 5.41) is 13.0. The number of piperazine rings is 1. The molecule has 1 aromatic heterocycles. The quantitative estimate of drug-likeness (QED) is 0.495. The van der Waals surface area contributed by atoms with Gasteiger partial charge in [-0.1, -0.05) is 12.1 Å². The van der Waals surface area contributed by atoms with E-state index in [1.165, 1.54) is 0 Å². The topological polar surface area (TPSA) is 107 Å². The van der Waals surface area contributed by atoms with E-state index >= 15 is 0 Å². The van der Waals surface area contributed by atoms with Crippen LogP contribution in [0.4, 0.5) is 16.2 Å². The lowest BCUT2D eigenvalue weighted by Gasteiger charge is -2.35. The molecule has 0 spiro atoms. The lowest BCUT2D eigenvalue weighted by Crippen LogP contribution is -2.55. The molecule has 2 aromatic rings. The fraction of sp³-hybridized carbons (Fsp3) is 0.429. The first-order chi connectivity index (χ1) is 14.9. The highest BCUT2D eigenvalue weighted by atomic mass is 16.2. The molecule has 2 heterocycles. The first-order valence-electron chi connectivity index (χ1n) is 10.3. The van der Waals surface area contributed by atoms with Crippen molar-refractivity contribution < 1.29 is 9.59 Å². The zero-order valence-corrected chi connectivity index (χ0v) is 18.4. The summed E-state index contributed by atoms with van der Waals surface area (Å²) in [6.45, 7) is 5.88. The Hall–Kier alpha value is -3.56. The van der Waals surface area contributed by atoms with Crippen LogP contribution < -0.4 is 20.9 Å². The van der Waals surface area contributed by atoms with Crippen molar-refractivity contribution in [1.82, 2.24) is 25.3 Å². The number of rotatable bonds is 5. The molecule has 166 valence electrons. The van der Waals surface area contributed by atoms with Crippen molar-refractivity contribution in [2.75, 3.05) is 36.9 Å². The molecule has 1 aliphatic rings. The van der Waals surface area contributed by atoms with Crippen molar-refractivity contribution in [3.05, 3.63) is 42.2 Å². The van der Waals surface area contributed by atoms with Gasteiger partial charge in [0, 0.05) is 51.7 Å². The fourth-order valence-electron chi connectivity index (χ4n) is 3.32. The van der Waals surface area contributed by atoms with Crippen LogP contribution in [-0.4, -0.2) is 65.3 Å². The Morgan fingerprint density at radius 3 is 2.55 bits per heavy atom. The van der Waals surface area contributed by atoms with Crippen LogP contribution in [0.2, 0.25) is 0 Å². The van der Waals surface area contributed by atoms with Gasteiger partial charge in [-0.25, -0.2) is 4.79 Å². The highest BCUT2D eigenvalue weighted by Gasteiger charge is 2.27. The second kappa shape index (κ2) is 9.96. The van der Waals surface area contributed by atoms with Gasteiger partial charge in [0.1, 0.15) is 6.54 Å². The number of hydrogen-bond acceptors (Lipinski definition) is 4. The van der Waals surface area contributed by atoms with Crippen molar-refractivity contribution in [1.29, 1.82) is 0 Å². The fourth-order valence-corrected chi connectivity index (χ4v) is 3.32. The summed E-state index contributed by atoms with van der Waals surface area (Å²) in [5.74, 6) is 0.690. The maximum absolute atomic E-state index is 12.6. The summed E-state index contributed by atoms with van der Waals surface area (Å²) in [4.78, 5) is 32.4. The van der Waals surface area contributed by atoms with Crippen LogP contribution >= 0.6 is 0 Å². The van der Waals surface area contributed by atoms with E-state index in [0.717, 1.165) is 16.9 Å². The monoisotopic (exact) mass is 426 g/mol. The number of carbonyl (C=O) groups is 2. The van der Waals surface area contributed by atoms with Gasteiger partial charge in [0.2, 0.25) is 5.91 Å². The SMILES string of the molecule is CN=C(NCc1ccc(NC(=O)NC(C)C)cc1)N1CCN(c2cnn(C)c2)C(=O)C1. The number of aliphatic imine (C=N–C) groups is 1. The first-order valence-corrected chi connectivity index (χ1v) is 10.3. The average Bonchev–Trinajstić information content (AvgIpc) is 3.15. The van der Waals surface area contributed by atoms with E-state index in [4.69, 9.17) is 0 Å². The van der Waals surface area contributed by atoms with Gasteiger partial charge in [0.05, 0.1) is 11.9 Å². The Balaban J connectivity index is 1.51. The summed E-state index contributed by atoms with van der Waals surface area (Å²) >= 11 is 0. The number of aromatic nitrogens is 2. The number of urea groups is 1. The molecule has 1 fully saturated rings. The van der Waals surface area contributed by atoms with Crippen LogP contribution in [0.25, 0.3) is 0 Å². The predicted molar refractivity (Wildman–Crippen MR) is 121 cm³/mol. The van der Waals surface area contributed by atoms with Crippen LogP contribution in [0, 0.1) is 0 Å². The summed E-state index contributed by atoms with van der Waals surface area (Å²) in [5.41, 5.74) is 2.57. The molecule has 0 radical (unpaired) electrons. The summed E-state index contributed by atoms with van der Waals surface area (Å²) in [7, 11) is 3.54. The largest absolute Gasteiger partial charge is 0.352 e. The smallest absolute Gasteiger partial charge is 0.319 e. The summed E-state index contributed by atoms with van der Waals surface area (Å²) < 4.78 is 1.69. The second-order valence-electron chi connectivity index (χ2n) is 7.69. The van der Waals surface area contributed by atoms with Crippen LogP contribution in [0.15, 0.2) is 41.7 Å². The number of anilines is 2. The number of aryl methyl sites for hydroxylation is 1. The summed E-state index contributed by atoms with van der Waals surface area (Å²) in [6, 6.07) is 7.45. The van der Waals surface area contributed by atoms with E-state index in [-0.39, 0.29) is 24.5 Å². The van der Waals surface area contributed by atoms with E-state index < -0.39 is 0 Å². The number of benzene rings is 1. The Kier molecular flexibility index (Phi) is 7.11. The number of carbonyl (C=O) groups excluding carboxylic acids is 2. The van der Waals surface area contributed by atoms with Crippen LogP contribution in [0.1, 0.15) is 19.4 Å². The maximum atomic E-state index is 12.6. The zero-order chi connectivity index (χ0) is 22.4. The van der Waals surface area contributed by atoms with Crippen LogP contribution in [0.3, 0.4) is 0 Å². The molecule has 3 rings (SSSR count). The standard InChI is InChI=1S/C21H30N8O2/c1-15(2)25-21(31)26-17-7-5-16(6-8-17)11-23-20(22-3)28-9-10-29(19(30)14-28)18-12-24-27(4)13-18/h5-8,12-13,15H,9-11,14H2,1-4H3,(H,22,23)(H2,25,26,31). The normalized spacial score (nSPS) is 14.7. The van der Waals surface area contributed by atoms with Gasteiger partial charge in [-0.2, -0.15) is 5.10 Å². The minimum atomic E-state index is -0.226. The van der Waals surface area contributed by atoms with Crippen molar-refractivity contribution in [2.24, 2.45) is 12.0 Å². The van der Waals surface area contributed by atoms with Gasteiger partial charge in [0.25, 0.3) is 0 Å².